The summed E-state index contributed by atoms with van der Waals surface area (Å²) in [6, 6.07) is 4.22. The Morgan fingerprint density at radius 1 is 1.38 bits per heavy atom. The summed E-state index contributed by atoms with van der Waals surface area (Å²) in [4.78, 5) is 16.2. The molecule has 1 fully saturated rings. The van der Waals surface area contributed by atoms with Crippen LogP contribution in [-0.2, 0) is 0 Å². The number of carbonyl (C=O) groups excluding carboxylic acids is 1. The van der Waals surface area contributed by atoms with Gasteiger partial charge in [-0.25, -0.2) is 4.39 Å². The van der Waals surface area contributed by atoms with Crippen molar-refractivity contribution in [1.29, 1.82) is 0 Å². The van der Waals surface area contributed by atoms with Gasteiger partial charge in [0.15, 0.2) is 0 Å². The van der Waals surface area contributed by atoms with Crippen LogP contribution in [0.25, 0.3) is 0 Å². The Morgan fingerprint density at radius 2 is 2.05 bits per heavy atom. The number of benzene rings is 1. The lowest BCUT2D eigenvalue weighted by Crippen LogP contribution is -2.53. The fourth-order valence-electron chi connectivity index (χ4n) is 2.75. The van der Waals surface area contributed by atoms with Crippen molar-refractivity contribution in [2.24, 2.45) is 5.73 Å². The number of nitrogens with two attached hydrogens (primary N) is 1. The molecule has 0 aromatic heterocycles. The normalized spacial score (nSPS) is 17.8. The van der Waals surface area contributed by atoms with Crippen LogP contribution in [0.5, 0.6) is 5.75 Å². The van der Waals surface area contributed by atoms with Crippen LogP contribution in [0.1, 0.15) is 23.7 Å². The van der Waals surface area contributed by atoms with E-state index in [4.69, 9.17) is 5.73 Å². The van der Waals surface area contributed by atoms with E-state index in [0.717, 1.165) is 19.5 Å². The number of hydrogen-bond donors (Lipinski definition) is 2. The van der Waals surface area contributed by atoms with Gasteiger partial charge in [0.05, 0.1) is 0 Å². The molecular formula is C15H22FN3O2. The van der Waals surface area contributed by atoms with E-state index in [0.29, 0.717) is 25.7 Å². The van der Waals surface area contributed by atoms with Gasteiger partial charge in [-0.15, -0.1) is 0 Å². The number of nitrogens with zero attached hydrogens (tertiary/aromatic N) is 2. The molecule has 0 saturated carbocycles. The summed E-state index contributed by atoms with van der Waals surface area (Å²) < 4.78 is 13.7. The highest BCUT2D eigenvalue weighted by atomic mass is 19.1. The molecule has 1 aromatic carbocycles. The maximum atomic E-state index is 13.7. The van der Waals surface area contributed by atoms with Crippen molar-refractivity contribution in [3.63, 3.8) is 0 Å². The number of phenols is 1. The summed E-state index contributed by atoms with van der Waals surface area (Å²) in [6.45, 7) is 5.16. The van der Waals surface area contributed by atoms with Gasteiger partial charge in [-0.2, -0.15) is 0 Å². The molecular weight excluding hydrogens is 273 g/mol. The van der Waals surface area contributed by atoms with Gasteiger partial charge in [0.25, 0.3) is 5.91 Å². The number of piperazine rings is 1. The summed E-state index contributed by atoms with van der Waals surface area (Å²) in [5.74, 6) is -1.45. The first-order valence-corrected chi connectivity index (χ1v) is 7.29. The molecule has 0 aliphatic carbocycles. The first kappa shape index (κ1) is 15.7. The SMILES string of the molecule is CCC(CN)N1CCN(C(=O)c2c(O)cccc2F)CC1. The minimum absolute atomic E-state index is 0.239. The number of phenolic OH excluding ortho intramolecular Hbond substituents is 1. The minimum Gasteiger partial charge on any atom is -0.507 e. The van der Waals surface area contributed by atoms with Crippen molar-refractivity contribution < 1.29 is 14.3 Å². The second-order valence-electron chi connectivity index (χ2n) is 5.26. The average Bonchev–Trinajstić information content (AvgIpc) is 2.49. The van der Waals surface area contributed by atoms with E-state index in [1.807, 2.05) is 0 Å². The molecule has 1 aliphatic rings. The van der Waals surface area contributed by atoms with Crippen LogP contribution in [0.2, 0.25) is 0 Å². The van der Waals surface area contributed by atoms with Crippen molar-refractivity contribution >= 4 is 5.91 Å². The van der Waals surface area contributed by atoms with Crippen molar-refractivity contribution in [3.8, 4) is 5.75 Å². The van der Waals surface area contributed by atoms with Crippen LogP contribution < -0.4 is 5.73 Å². The van der Waals surface area contributed by atoms with Crippen molar-refractivity contribution in [2.75, 3.05) is 32.7 Å². The number of aromatic hydroxyl groups is 1. The molecule has 1 saturated heterocycles. The molecule has 1 heterocycles. The molecule has 1 aromatic rings. The first-order valence-electron chi connectivity index (χ1n) is 7.29. The van der Waals surface area contributed by atoms with Crippen molar-refractivity contribution in [2.45, 2.75) is 19.4 Å². The highest BCUT2D eigenvalue weighted by Crippen LogP contribution is 2.22. The largest absolute Gasteiger partial charge is 0.507 e. The Kier molecular flexibility index (Phi) is 5.14. The second kappa shape index (κ2) is 6.87. The Bertz CT molecular complexity index is 477. The minimum atomic E-state index is -0.684. The quantitative estimate of drug-likeness (QED) is 0.870. The number of halogens is 1. The predicted octanol–water partition coefficient (Wildman–Crippen LogP) is 1.03. The van der Waals surface area contributed by atoms with Gasteiger partial charge < -0.3 is 15.7 Å². The highest BCUT2D eigenvalue weighted by molar-refractivity contribution is 5.97. The van der Waals surface area contributed by atoms with Gasteiger partial charge in [0, 0.05) is 38.8 Å². The lowest BCUT2D eigenvalue weighted by Gasteiger charge is -2.38. The number of amides is 1. The molecule has 3 N–H and O–H groups in total. The zero-order valence-corrected chi connectivity index (χ0v) is 12.3. The molecule has 1 atom stereocenters. The third kappa shape index (κ3) is 3.33. The average molecular weight is 295 g/mol. The summed E-state index contributed by atoms with van der Waals surface area (Å²) in [5.41, 5.74) is 5.50. The second-order valence-corrected chi connectivity index (χ2v) is 5.26. The maximum Gasteiger partial charge on any atom is 0.260 e. The predicted molar refractivity (Wildman–Crippen MR) is 78.7 cm³/mol. The molecule has 1 unspecified atom stereocenters. The van der Waals surface area contributed by atoms with E-state index in [-0.39, 0.29) is 11.3 Å². The monoisotopic (exact) mass is 295 g/mol. The van der Waals surface area contributed by atoms with Gasteiger partial charge in [-0.3, -0.25) is 9.69 Å². The molecule has 1 amide bonds. The fourth-order valence-corrected chi connectivity index (χ4v) is 2.75. The van der Waals surface area contributed by atoms with Crippen LogP contribution in [0, 0.1) is 5.82 Å². The van der Waals surface area contributed by atoms with Gasteiger partial charge in [0.1, 0.15) is 17.1 Å². The standard InChI is InChI=1S/C15H22FN3O2/c1-2-11(10-17)18-6-8-19(9-7-18)15(21)14-12(16)4-3-5-13(14)20/h3-5,11,20H,2,6-10,17H2,1H3. The van der Waals surface area contributed by atoms with Crippen molar-refractivity contribution in [3.05, 3.63) is 29.6 Å². The maximum absolute atomic E-state index is 13.7. The third-order valence-corrected chi connectivity index (χ3v) is 4.07. The van der Waals surface area contributed by atoms with Crippen LogP contribution in [0.15, 0.2) is 18.2 Å². The number of rotatable bonds is 4. The molecule has 2 rings (SSSR count). The zero-order valence-electron chi connectivity index (χ0n) is 12.3. The van der Waals surface area contributed by atoms with E-state index >= 15 is 0 Å². The van der Waals surface area contributed by atoms with Crippen LogP contribution in [0.4, 0.5) is 4.39 Å². The van der Waals surface area contributed by atoms with Crippen LogP contribution in [-0.4, -0.2) is 59.6 Å². The summed E-state index contributed by atoms with van der Waals surface area (Å²) in [7, 11) is 0. The molecule has 1 aliphatic heterocycles. The lowest BCUT2D eigenvalue weighted by molar-refractivity contribution is 0.0564. The Labute approximate surface area is 124 Å². The zero-order chi connectivity index (χ0) is 15.4. The van der Waals surface area contributed by atoms with Gasteiger partial charge in [0.2, 0.25) is 0 Å². The summed E-state index contributed by atoms with van der Waals surface area (Å²) >= 11 is 0. The topological polar surface area (TPSA) is 69.8 Å². The van der Waals surface area contributed by atoms with E-state index in [9.17, 15) is 14.3 Å². The van der Waals surface area contributed by atoms with Gasteiger partial charge >= 0.3 is 0 Å². The molecule has 0 spiro atoms. The molecule has 116 valence electrons. The van der Waals surface area contributed by atoms with E-state index in [1.54, 1.807) is 4.90 Å². The number of carbonyl (C=O) groups is 1. The van der Waals surface area contributed by atoms with Crippen LogP contribution >= 0.6 is 0 Å². The molecule has 5 nitrogen and oxygen atoms in total. The third-order valence-electron chi connectivity index (χ3n) is 4.07. The summed E-state index contributed by atoms with van der Waals surface area (Å²) in [5, 5.41) is 9.69. The van der Waals surface area contributed by atoms with Gasteiger partial charge in [-0.05, 0) is 18.6 Å². The van der Waals surface area contributed by atoms with E-state index in [1.165, 1.54) is 18.2 Å². The summed E-state index contributed by atoms with van der Waals surface area (Å²) in [6.07, 6.45) is 0.971. The smallest absolute Gasteiger partial charge is 0.260 e. The van der Waals surface area contributed by atoms with Gasteiger partial charge in [-0.1, -0.05) is 13.0 Å². The highest BCUT2D eigenvalue weighted by Gasteiger charge is 2.28. The van der Waals surface area contributed by atoms with E-state index < -0.39 is 11.7 Å². The molecule has 0 radical (unpaired) electrons. The Morgan fingerprint density at radius 3 is 2.57 bits per heavy atom. The Balaban J connectivity index is 2.04. The fraction of sp³-hybridized carbons (Fsp3) is 0.533. The number of hydrogen-bond acceptors (Lipinski definition) is 4. The van der Waals surface area contributed by atoms with E-state index in [2.05, 4.69) is 11.8 Å². The molecule has 21 heavy (non-hydrogen) atoms. The molecule has 6 heteroatoms. The first-order chi connectivity index (χ1) is 10.1. The Hall–Kier alpha value is -1.66. The van der Waals surface area contributed by atoms with Crippen molar-refractivity contribution in [1.82, 2.24) is 9.80 Å². The molecule has 0 bridgehead atoms. The van der Waals surface area contributed by atoms with Crippen LogP contribution in [0.3, 0.4) is 0 Å². The lowest BCUT2D eigenvalue weighted by atomic mass is 10.1.